The molecule has 134 valence electrons. The van der Waals surface area contributed by atoms with E-state index in [2.05, 4.69) is 4.74 Å². The Kier molecular flexibility index (Phi) is 6.68. The highest BCUT2D eigenvalue weighted by atomic mass is 19.3. The Labute approximate surface area is 149 Å². The van der Waals surface area contributed by atoms with E-state index in [-0.39, 0.29) is 18.1 Å². The molecule has 0 aliphatic rings. The van der Waals surface area contributed by atoms with Crippen LogP contribution in [0.15, 0.2) is 48.5 Å². The van der Waals surface area contributed by atoms with Gasteiger partial charge in [0.1, 0.15) is 6.61 Å². The van der Waals surface area contributed by atoms with Crippen LogP contribution in [0.2, 0.25) is 0 Å². The maximum Gasteiger partial charge on any atom is 0.387 e. The van der Waals surface area contributed by atoms with Gasteiger partial charge in [0.05, 0.1) is 18.7 Å². The Morgan fingerprint density at radius 2 is 2.00 bits per heavy atom. The molecule has 0 aliphatic heterocycles. The number of rotatable bonds is 7. The maximum atomic E-state index is 12.3. The Bertz CT molecular complexity index is 844. The van der Waals surface area contributed by atoms with E-state index in [4.69, 9.17) is 14.7 Å². The Morgan fingerprint density at radius 3 is 2.69 bits per heavy atom. The minimum atomic E-state index is -2.96. The zero-order valence-corrected chi connectivity index (χ0v) is 13.8. The normalized spacial score (nSPS) is 10.6. The van der Waals surface area contributed by atoms with E-state index in [0.717, 1.165) is 0 Å². The fraction of sp³-hybridized carbons (Fsp3) is 0.158. The number of carbonyl (C=O) groups is 1. The van der Waals surface area contributed by atoms with Gasteiger partial charge in [-0.1, -0.05) is 24.3 Å². The number of alkyl halides is 2. The molecule has 0 atom stereocenters. The van der Waals surface area contributed by atoms with Gasteiger partial charge in [-0.25, -0.2) is 4.79 Å². The summed E-state index contributed by atoms with van der Waals surface area (Å²) in [4.78, 5) is 11.8. The van der Waals surface area contributed by atoms with Gasteiger partial charge in [-0.15, -0.1) is 0 Å². The summed E-state index contributed by atoms with van der Waals surface area (Å²) >= 11 is 0. The summed E-state index contributed by atoms with van der Waals surface area (Å²) in [5, 5.41) is 8.99. The number of ether oxygens (including phenoxy) is 3. The van der Waals surface area contributed by atoms with Crippen molar-refractivity contribution in [3.05, 3.63) is 65.2 Å². The van der Waals surface area contributed by atoms with Crippen molar-refractivity contribution < 1.29 is 27.8 Å². The molecule has 2 aromatic carbocycles. The minimum Gasteiger partial charge on any atom is -0.493 e. The zero-order chi connectivity index (χ0) is 18.9. The molecule has 0 heterocycles. The standard InChI is InChI=1S/C19H15F2NO4/c1-24-17-10-13(6-8-16(17)26-19(20)21)7-9-18(23)25-12-15-5-3-2-4-14(15)11-22/h2-10,19H,12H2,1H3. The first-order valence-corrected chi connectivity index (χ1v) is 7.49. The summed E-state index contributed by atoms with van der Waals surface area (Å²) in [5.74, 6) is -0.594. The minimum absolute atomic E-state index is 0.0304. The second-order valence-electron chi connectivity index (χ2n) is 5.00. The number of nitrogens with zero attached hydrogens (tertiary/aromatic N) is 1. The lowest BCUT2D eigenvalue weighted by atomic mass is 10.1. The van der Waals surface area contributed by atoms with Gasteiger partial charge in [-0.05, 0) is 29.8 Å². The maximum absolute atomic E-state index is 12.3. The quantitative estimate of drug-likeness (QED) is 0.553. The lowest BCUT2D eigenvalue weighted by molar-refractivity contribution is -0.138. The summed E-state index contributed by atoms with van der Waals surface area (Å²) in [6.07, 6.45) is 2.64. The van der Waals surface area contributed by atoms with Crippen LogP contribution in [0, 0.1) is 11.3 Å². The molecule has 0 N–H and O–H groups in total. The number of carbonyl (C=O) groups excluding carboxylic acids is 1. The molecule has 0 saturated heterocycles. The van der Waals surface area contributed by atoms with Crippen LogP contribution in [0.25, 0.3) is 6.08 Å². The summed E-state index contributed by atoms with van der Waals surface area (Å²) < 4.78 is 39.0. The molecule has 5 nitrogen and oxygen atoms in total. The van der Waals surface area contributed by atoms with E-state index < -0.39 is 12.6 Å². The molecule has 0 radical (unpaired) electrons. The fourth-order valence-electron chi connectivity index (χ4n) is 2.10. The lowest BCUT2D eigenvalue weighted by Crippen LogP contribution is -2.03. The van der Waals surface area contributed by atoms with Crippen molar-refractivity contribution in [1.82, 2.24) is 0 Å². The van der Waals surface area contributed by atoms with E-state index in [9.17, 15) is 13.6 Å². The van der Waals surface area contributed by atoms with Crippen LogP contribution in [-0.4, -0.2) is 19.7 Å². The SMILES string of the molecule is COc1cc(C=CC(=O)OCc2ccccc2C#N)ccc1OC(F)F. The van der Waals surface area contributed by atoms with Crippen molar-refractivity contribution in [2.75, 3.05) is 7.11 Å². The number of hydrogen-bond donors (Lipinski definition) is 0. The lowest BCUT2D eigenvalue weighted by Gasteiger charge is -2.10. The van der Waals surface area contributed by atoms with Crippen LogP contribution in [0.1, 0.15) is 16.7 Å². The third kappa shape index (κ3) is 5.31. The second kappa shape index (κ2) is 9.18. The van der Waals surface area contributed by atoms with Crippen molar-refractivity contribution in [1.29, 1.82) is 5.26 Å². The number of hydrogen-bond acceptors (Lipinski definition) is 5. The number of halogens is 2. The van der Waals surface area contributed by atoms with Crippen molar-refractivity contribution in [2.45, 2.75) is 13.2 Å². The molecule has 2 rings (SSSR count). The number of benzene rings is 2. The Balaban J connectivity index is 2.00. The molecule has 2 aromatic rings. The summed E-state index contributed by atoms with van der Waals surface area (Å²) in [6.45, 7) is -2.99. The van der Waals surface area contributed by atoms with Gasteiger partial charge in [0.25, 0.3) is 0 Å². The van der Waals surface area contributed by atoms with E-state index in [1.807, 2.05) is 6.07 Å². The molecule has 0 amide bonds. The monoisotopic (exact) mass is 359 g/mol. The van der Waals surface area contributed by atoms with Crippen LogP contribution in [0.5, 0.6) is 11.5 Å². The molecule has 0 bridgehead atoms. The molecular formula is C19H15F2NO4. The molecule has 0 unspecified atom stereocenters. The number of esters is 1. The summed E-state index contributed by atoms with van der Waals surface area (Å²) in [7, 11) is 1.32. The van der Waals surface area contributed by atoms with Crippen LogP contribution < -0.4 is 9.47 Å². The fourth-order valence-corrected chi connectivity index (χ4v) is 2.10. The first-order chi connectivity index (χ1) is 12.5. The highest BCUT2D eigenvalue weighted by Crippen LogP contribution is 2.29. The zero-order valence-electron chi connectivity index (χ0n) is 13.8. The first-order valence-electron chi connectivity index (χ1n) is 7.49. The highest BCUT2D eigenvalue weighted by Gasteiger charge is 2.10. The van der Waals surface area contributed by atoms with Crippen LogP contribution in [-0.2, 0) is 16.1 Å². The predicted molar refractivity (Wildman–Crippen MR) is 89.6 cm³/mol. The predicted octanol–water partition coefficient (Wildman–Crippen LogP) is 3.92. The third-order valence-electron chi connectivity index (χ3n) is 3.32. The first kappa shape index (κ1) is 18.9. The molecule has 26 heavy (non-hydrogen) atoms. The van der Waals surface area contributed by atoms with E-state index >= 15 is 0 Å². The Hall–Kier alpha value is -3.40. The largest absolute Gasteiger partial charge is 0.493 e. The number of methoxy groups -OCH3 is 1. The molecule has 0 saturated carbocycles. The van der Waals surface area contributed by atoms with E-state index in [0.29, 0.717) is 16.7 Å². The van der Waals surface area contributed by atoms with Gasteiger partial charge in [0.15, 0.2) is 11.5 Å². The molecule has 0 spiro atoms. The van der Waals surface area contributed by atoms with Crippen molar-refractivity contribution in [3.8, 4) is 17.6 Å². The van der Waals surface area contributed by atoms with E-state index in [1.54, 1.807) is 24.3 Å². The molecule has 0 aliphatic carbocycles. The molecular weight excluding hydrogens is 344 g/mol. The Morgan fingerprint density at radius 1 is 1.23 bits per heavy atom. The van der Waals surface area contributed by atoms with Gasteiger partial charge in [0.2, 0.25) is 0 Å². The highest BCUT2D eigenvalue weighted by molar-refractivity contribution is 5.87. The smallest absolute Gasteiger partial charge is 0.387 e. The van der Waals surface area contributed by atoms with Crippen LogP contribution >= 0.6 is 0 Å². The van der Waals surface area contributed by atoms with Gasteiger partial charge < -0.3 is 14.2 Å². The van der Waals surface area contributed by atoms with E-state index in [1.165, 1.54) is 37.5 Å². The molecule has 0 aromatic heterocycles. The molecule has 7 heteroatoms. The van der Waals surface area contributed by atoms with Gasteiger partial charge >= 0.3 is 12.6 Å². The van der Waals surface area contributed by atoms with Crippen LogP contribution in [0.3, 0.4) is 0 Å². The van der Waals surface area contributed by atoms with Crippen molar-refractivity contribution in [2.24, 2.45) is 0 Å². The van der Waals surface area contributed by atoms with Gasteiger partial charge in [0, 0.05) is 11.6 Å². The second-order valence-corrected chi connectivity index (χ2v) is 5.00. The summed E-state index contributed by atoms with van der Waals surface area (Å²) in [5.41, 5.74) is 1.58. The topological polar surface area (TPSA) is 68.5 Å². The average molecular weight is 359 g/mol. The van der Waals surface area contributed by atoms with Crippen molar-refractivity contribution in [3.63, 3.8) is 0 Å². The van der Waals surface area contributed by atoms with Crippen molar-refractivity contribution >= 4 is 12.0 Å². The van der Waals surface area contributed by atoms with Gasteiger partial charge in [-0.3, -0.25) is 0 Å². The molecule has 0 fully saturated rings. The van der Waals surface area contributed by atoms with Gasteiger partial charge in [-0.2, -0.15) is 14.0 Å². The average Bonchev–Trinajstić information content (AvgIpc) is 2.65. The summed E-state index contributed by atoms with van der Waals surface area (Å²) in [6, 6.07) is 13.1. The van der Waals surface area contributed by atoms with Crippen LogP contribution in [0.4, 0.5) is 8.78 Å². The number of nitriles is 1. The third-order valence-corrected chi connectivity index (χ3v) is 3.32.